The summed E-state index contributed by atoms with van der Waals surface area (Å²) in [6.07, 6.45) is 3.03. The predicted molar refractivity (Wildman–Crippen MR) is 123 cm³/mol. The monoisotopic (exact) mass is 492 g/mol. The number of nitrogens with zero attached hydrogens (tertiary/aromatic N) is 3. The molecule has 9 nitrogen and oxygen atoms in total. The molecule has 3 rings (SSSR count). The number of hydrogen-bond donors (Lipinski definition) is 1. The number of aromatic nitrogens is 1. The van der Waals surface area contributed by atoms with Gasteiger partial charge in [0.15, 0.2) is 11.5 Å². The molecule has 1 aromatic carbocycles. The number of imide groups is 1. The first-order valence-corrected chi connectivity index (χ1v) is 10.8. The number of ether oxygens (including phenoxy) is 2. The second-order valence-electron chi connectivity index (χ2n) is 7.15. The van der Waals surface area contributed by atoms with E-state index in [4.69, 9.17) is 4.74 Å². The van der Waals surface area contributed by atoms with E-state index in [2.05, 4.69) is 15.0 Å². The molecule has 3 amide bonds. The topological polar surface area (TPSA) is 101 Å². The summed E-state index contributed by atoms with van der Waals surface area (Å²) >= 11 is 0.744. The van der Waals surface area contributed by atoms with Gasteiger partial charge in [-0.1, -0.05) is 6.07 Å². The Morgan fingerprint density at radius 2 is 2.03 bits per heavy atom. The summed E-state index contributed by atoms with van der Waals surface area (Å²) in [5, 5.41) is 2.21. The van der Waals surface area contributed by atoms with Crippen molar-refractivity contribution in [1.82, 2.24) is 15.2 Å². The number of alkyl halides is 2. The molecule has 1 aliphatic rings. The van der Waals surface area contributed by atoms with Crippen molar-refractivity contribution in [3.8, 4) is 11.5 Å². The number of nitrogens with one attached hydrogen (secondary N) is 1. The molecular weight excluding hydrogens is 470 g/mol. The molecule has 34 heavy (non-hydrogen) atoms. The number of methoxy groups -OCH3 is 1. The van der Waals surface area contributed by atoms with Crippen molar-refractivity contribution in [2.75, 3.05) is 39.2 Å². The lowest BCUT2D eigenvalue weighted by atomic mass is 10.2. The fourth-order valence-corrected chi connectivity index (χ4v) is 3.98. The third kappa shape index (κ3) is 5.81. The van der Waals surface area contributed by atoms with Crippen molar-refractivity contribution >= 4 is 40.7 Å². The van der Waals surface area contributed by atoms with E-state index in [0.717, 1.165) is 16.7 Å². The highest BCUT2D eigenvalue weighted by Gasteiger charge is 2.34. The second kappa shape index (κ2) is 11.0. The normalized spacial score (nSPS) is 14.6. The smallest absolute Gasteiger partial charge is 0.387 e. The molecular formula is C22H22F2N4O5S. The third-order valence-electron chi connectivity index (χ3n) is 4.65. The summed E-state index contributed by atoms with van der Waals surface area (Å²) in [6.45, 7) is -2.97. The first-order chi connectivity index (χ1) is 16.2. The largest absolute Gasteiger partial charge is 0.493 e. The highest BCUT2D eigenvalue weighted by molar-refractivity contribution is 8.18. The van der Waals surface area contributed by atoms with Gasteiger partial charge >= 0.3 is 6.61 Å². The molecule has 180 valence electrons. The van der Waals surface area contributed by atoms with E-state index < -0.39 is 17.8 Å². The Hall–Kier alpha value is -3.67. The minimum absolute atomic E-state index is 0.0181. The highest BCUT2D eigenvalue weighted by Crippen LogP contribution is 2.34. The standard InChI is InChI=1S/C22H22F2N4O5S/c1-27(2)18-14(5-4-8-25-18)19(29)26-9-10-28-20(30)17(34-22(28)31)12-13-6-7-15(33-21(23)24)16(11-13)32-3/h4-8,11-12,21H,9-10H2,1-3H3,(H,26,29)/b17-12-. The molecule has 0 bridgehead atoms. The molecule has 0 unspecified atom stereocenters. The Morgan fingerprint density at radius 1 is 1.26 bits per heavy atom. The van der Waals surface area contributed by atoms with Gasteiger partial charge in [-0.25, -0.2) is 4.98 Å². The number of carbonyl (C=O) groups is 3. The van der Waals surface area contributed by atoms with Crippen LogP contribution in [0.3, 0.4) is 0 Å². The van der Waals surface area contributed by atoms with Gasteiger partial charge in [0, 0.05) is 33.4 Å². The molecule has 2 heterocycles. The highest BCUT2D eigenvalue weighted by atomic mass is 32.2. The maximum Gasteiger partial charge on any atom is 0.387 e. The van der Waals surface area contributed by atoms with Crippen molar-refractivity contribution in [3.63, 3.8) is 0 Å². The zero-order chi connectivity index (χ0) is 24.8. The lowest BCUT2D eigenvalue weighted by Gasteiger charge is -2.16. The van der Waals surface area contributed by atoms with Crippen LogP contribution in [-0.2, 0) is 4.79 Å². The van der Waals surface area contributed by atoms with Gasteiger partial charge in [0.1, 0.15) is 5.82 Å². The fourth-order valence-electron chi connectivity index (χ4n) is 3.12. The predicted octanol–water partition coefficient (Wildman–Crippen LogP) is 3.22. The molecule has 1 N–H and O–H groups in total. The third-order valence-corrected chi connectivity index (χ3v) is 5.56. The van der Waals surface area contributed by atoms with Crippen molar-refractivity contribution in [3.05, 3.63) is 52.6 Å². The number of thioether (sulfide) groups is 1. The van der Waals surface area contributed by atoms with Crippen LogP contribution in [0.15, 0.2) is 41.4 Å². The molecule has 0 atom stereocenters. The summed E-state index contributed by atoms with van der Waals surface area (Å²) in [7, 11) is 4.83. The van der Waals surface area contributed by atoms with Gasteiger partial charge in [-0.15, -0.1) is 0 Å². The SMILES string of the molecule is COc1cc(/C=C2\SC(=O)N(CCNC(=O)c3cccnc3N(C)C)C2=O)ccc1OC(F)F. The lowest BCUT2D eigenvalue weighted by molar-refractivity contribution is -0.122. The first-order valence-electron chi connectivity index (χ1n) is 10.00. The van der Waals surface area contributed by atoms with Gasteiger partial charge < -0.3 is 19.7 Å². The van der Waals surface area contributed by atoms with Crippen LogP contribution in [0.4, 0.5) is 19.4 Å². The van der Waals surface area contributed by atoms with Crippen LogP contribution < -0.4 is 19.7 Å². The molecule has 2 aromatic rings. The van der Waals surface area contributed by atoms with Crippen molar-refractivity contribution in [1.29, 1.82) is 0 Å². The Bertz CT molecular complexity index is 1130. The number of pyridine rings is 1. The molecule has 12 heteroatoms. The van der Waals surface area contributed by atoms with Crippen molar-refractivity contribution in [2.45, 2.75) is 6.61 Å². The van der Waals surface area contributed by atoms with E-state index in [1.54, 1.807) is 37.3 Å². The summed E-state index contributed by atoms with van der Waals surface area (Å²) in [5.41, 5.74) is 0.833. The van der Waals surface area contributed by atoms with Gasteiger partial charge in [-0.2, -0.15) is 8.78 Å². The summed E-state index contributed by atoms with van der Waals surface area (Å²) in [5.74, 6) is -0.494. The first kappa shape index (κ1) is 25.0. The molecule has 1 saturated heterocycles. The van der Waals surface area contributed by atoms with E-state index in [1.165, 1.54) is 31.4 Å². The summed E-state index contributed by atoms with van der Waals surface area (Å²) < 4.78 is 34.4. The number of anilines is 1. The Morgan fingerprint density at radius 3 is 2.71 bits per heavy atom. The van der Waals surface area contributed by atoms with Gasteiger partial charge in [0.25, 0.3) is 17.1 Å². The second-order valence-corrected chi connectivity index (χ2v) is 8.14. The van der Waals surface area contributed by atoms with E-state index in [9.17, 15) is 23.2 Å². The average Bonchev–Trinajstić information content (AvgIpc) is 3.06. The minimum atomic E-state index is -3.01. The van der Waals surface area contributed by atoms with Crippen LogP contribution in [0.25, 0.3) is 6.08 Å². The Balaban J connectivity index is 1.65. The van der Waals surface area contributed by atoms with E-state index >= 15 is 0 Å². The molecule has 1 fully saturated rings. The van der Waals surface area contributed by atoms with Crippen LogP contribution in [-0.4, -0.2) is 67.8 Å². The molecule has 0 saturated carbocycles. The number of benzene rings is 1. The van der Waals surface area contributed by atoms with Crippen molar-refractivity contribution < 1.29 is 32.6 Å². The van der Waals surface area contributed by atoms with E-state index in [0.29, 0.717) is 16.9 Å². The maximum atomic E-state index is 12.7. The van der Waals surface area contributed by atoms with Crippen LogP contribution in [0.1, 0.15) is 15.9 Å². The molecule has 0 spiro atoms. The fraction of sp³-hybridized carbons (Fsp3) is 0.273. The number of amides is 3. The number of halogens is 2. The lowest BCUT2D eigenvalue weighted by Crippen LogP contribution is -2.37. The number of hydrogen-bond acceptors (Lipinski definition) is 8. The molecule has 0 radical (unpaired) electrons. The van der Waals surface area contributed by atoms with Crippen LogP contribution in [0.5, 0.6) is 11.5 Å². The number of carbonyl (C=O) groups excluding carboxylic acids is 3. The van der Waals surface area contributed by atoms with Gasteiger partial charge in [0.2, 0.25) is 0 Å². The quantitative estimate of drug-likeness (QED) is 0.533. The minimum Gasteiger partial charge on any atom is -0.493 e. The van der Waals surface area contributed by atoms with Crippen LogP contribution in [0.2, 0.25) is 0 Å². The number of rotatable bonds is 9. The Labute approximate surface area is 198 Å². The van der Waals surface area contributed by atoms with Crippen LogP contribution in [0, 0.1) is 0 Å². The summed E-state index contributed by atoms with van der Waals surface area (Å²) in [6, 6.07) is 7.44. The van der Waals surface area contributed by atoms with Gasteiger partial charge in [-0.3, -0.25) is 19.3 Å². The average molecular weight is 493 g/mol. The Kier molecular flexibility index (Phi) is 8.05. The summed E-state index contributed by atoms with van der Waals surface area (Å²) in [4.78, 5) is 44.6. The molecule has 0 aliphatic carbocycles. The van der Waals surface area contributed by atoms with E-state index in [1.807, 2.05) is 0 Å². The van der Waals surface area contributed by atoms with E-state index in [-0.39, 0.29) is 35.4 Å². The van der Waals surface area contributed by atoms with Gasteiger partial charge in [0.05, 0.1) is 17.6 Å². The van der Waals surface area contributed by atoms with Gasteiger partial charge in [-0.05, 0) is 47.7 Å². The molecule has 1 aromatic heterocycles. The zero-order valence-corrected chi connectivity index (χ0v) is 19.4. The van der Waals surface area contributed by atoms with Crippen molar-refractivity contribution in [2.24, 2.45) is 0 Å². The zero-order valence-electron chi connectivity index (χ0n) is 18.6. The maximum absolute atomic E-state index is 12.7. The van der Waals surface area contributed by atoms with Crippen LogP contribution >= 0.6 is 11.8 Å². The molecule has 1 aliphatic heterocycles.